The van der Waals surface area contributed by atoms with E-state index in [2.05, 4.69) is 10.0 Å². The molecule has 2 saturated heterocycles. The number of nitrogens with two attached hydrogens (primary N) is 1. The van der Waals surface area contributed by atoms with Crippen LogP contribution >= 0.6 is 34.8 Å². The number of piperidine rings is 2. The molecule has 5 rings (SSSR count). The number of primary amides is 1. The van der Waals surface area contributed by atoms with Gasteiger partial charge in [-0.25, -0.2) is 31.2 Å². The summed E-state index contributed by atoms with van der Waals surface area (Å²) in [5, 5.41) is 4.41. The van der Waals surface area contributed by atoms with E-state index >= 15 is 4.79 Å². The monoisotopic (exact) mass is 730 g/mol. The highest BCUT2D eigenvalue weighted by Gasteiger charge is 2.63. The Hall–Kier alpha value is -2.58. The van der Waals surface area contributed by atoms with Crippen molar-refractivity contribution in [3.05, 3.63) is 69.3 Å². The molecule has 0 saturated carbocycles. The Balaban J connectivity index is 1.77. The van der Waals surface area contributed by atoms with Crippen LogP contribution in [-0.4, -0.2) is 79.7 Å². The Morgan fingerprint density at radius 3 is 2.15 bits per heavy atom. The first kappa shape index (κ1) is 35.7. The topological polar surface area (TPSA) is 123 Å². The van der Waals surface area contributed by atoms with Gasteiger partial charge >= 0.3 is 5.91 Å². The molecular weight excluding hydrogens is 695 g/mol. The predicted octanol–water partition coefficient (Wildman–Crippen LogP) is 5.72. The molecule has 2 amide bonds. The molecule has 0 atom stereocenters. The van der Waals surface area contributed by atoms with Crippen LogP contribution in [0.15, 0.2) is 48.5 Å². The number of nitrogens with one attached hydrogen (secondary N) is 2. The number of hydrogen-bond donors (Lipinski definition) is 3. The van der Waals surface area contributed by atoms with Gasteiger partial charge in [0.05, 0.1) is 37.9 Å². The molecule has 4 N–H and O–H groups in total. The molecule has 47 heavy (non-hydrogen) atoms. The van der Waals surface area contributed by atoms with E-state index in [-0.39, 0.29) is 51.1 Å². The van der Waals surface area contributed by atoms with Crippen molar-refractivity contribution in [2.24, 2.45) is 5.73 Å². The summed E-state index contributed by atoms with van der Waals surface area (Å²) in [6.45, 7) is 0.476. The molecular formula is C32H37Cl3F2N5O4S+. The normalized spacial score (nSPS) is 18.9. The molecule has 3 aromatic rings. The van der Waals surface area contributed by atoms with E-state index in [9.17, 15) is 22.0 Å². The van der Waals surface area contributed by atoms with Crippen LogP contribution in [0.1, 0.15) is 42.6 Å². The van der Waals surface area contributed by atoms with Gasteiger partial charge in [0.15, 0.2) is 5.54 Å². The molecule has 2 fully saturated rings. The summed E-state index contributed by atoms with van der Waals surface area (Å²) in [4.78, 5) is 28.7. The number of quaternary nitrogens is 1. The predicted molar refractivity (Wildman–Crippen MR) is 180 cm³/mol. The molecule has 254 valence electrons. The highest BCUT2D eigenvalue weighted by Crippen LogP contribution is 2.46. The van der Waals surface area contributed by atoms with E-state index in [4.69, 9.17) is 40.5 Å². The lowest BCUT2D eigenvalue weighted by atomic mass is 9.80. The molecule has 0 radical (unpaired) electrons. The molecule has 0 unspecified atom stereocenters. The largest absolute Gasteiger partial charge is 0.364 e. The first-order chi connectivity index (χ1) is 22.1. The maximum atomic E-state index is 15.3. The van der Waals surface area contributed by atoms with Gasteiger partial charge in [-0.05, 0) is 42.3 Å². The smallest absolute Gasteiger partial charge is 0.363 e. The Morgan fingerprint density at radius 1 is 0.957 bits per heavy atom. The quantitative estimate of drug-likeness (QED) is 0.182. The van der Waals surface area contributed by atoms with Gasteiger partial charge in [-0.3, -0.25) is 4.79 Å². The van der Waals surface area contributed by atoms with Gasteiger partial charge in [0, 0.05) is 65.2 Å². The molecule has 0 spiro atoms. The Morgan fingerprint density at radius 2 is 1.57 bits per heavy atom. The molecule has 2 aliphatic rings. The van der Waals surface area contributed by atoms with Gasteiger partial charge in [-0.2, -0.15) is 0 Å². The van der Waals surface area contributed by atoms with Crippen LogP contribution in [0.4, 0.5) is 8.78 Å². The van der Waals surface area contributed by atoms with E-state index < -0.39 is 50.6 Å². The number of sulfonamides is 1. The fourth-order valence-corrected chi connectivity index (χ4v) is 8.15. The number of hydrogen-bond acceptors (Lipinski definition) is 5. The highest BCUT2D eigenvalue weighted by atomic mass is 35.5. The Labute approximate surface area is 288 Å². The third-order valence-electron chi connectivity index (χ3n) is 9.39. The molecule has 2 aromatic carbocycles. The maximum Gasteiger partial charge on any atom is 0.363 e. The van der Waals surface area contributed by atoms with Crippen molar-refractivity contribution < 1.29 is 31.3 Å². The summed E-state index contributed by atoms with van der Waals surface area (Å²) >= 11 is 19.2. The standard InChI is InChI=1S/C32H36Cl3F2N5O4S/c1-47(45,46)40-13-2-16-41-27(20-25(24-8-7-23(34)19-26(24)35)28(41)21-3-5-22(33)6-4-21)29(43)42(17-11-32(36,37)12-18-42)31(30(38)44)9-14-39-15-10-31/h3-8,19-20,39-40H,2,9-18H2,1H3,(H-,38,44)/p+1. The number of rotatable bonds is 10. The van der Waals surface area contributed by atoms with Gasteiger partial charge in [0.2, 0.25) is 10.0 Å². The fourth-order valence-electron chi connectivity index (χ4n) is 7.00. The second-order valence-corrected chi connectivity index (χ2v) is 15.4. The van der Waals surface area contributed by atoms with Crippen LogP contribution in [-0.2, 0) is 21.4 Å². The van der Waals surface area contributed by atoms with Crippen LogP contribution in [0.5, 0.6) is 0 Å². The third kappa shape index (κ3) is 7.24. The van der Waals surface area contributed by atoms with E-state index in [0.29, 0.717) is 50.5 Å². The minimum absolute atomic E-state index is 0.0743. The van der Waals surface area contributed by atoms with Crippen LogP contribution in [0, 0.1) is 0 Å². The number of nitrogens with zero attached hydrogens (tertiary/aromatic N) is 2. The third-order valence-corrected chi connectivity index (χ3v) is 10.9. The zero-order valence-electron chi connectivity index (χ0n) is 25.8. The zero-order chi connectivity index (χ0) is 34.2. The summed E-state index contributed by atoms with van der Waals surface area (Å²) in [5.41, 5.74) is 7.24. The van der Waals surface area contributed by atoms with Gasteiger partial charge in [0.1, 0.15) is 5.69 Å². The molecule has 9 nitrogen and oxygen atoms in total. The molecule has 15 heteroatoms. The van der Waals surface area contributed by atoms with Crippen molar-refractivity contribution in [1.82, 2.24) is 14.6 Å². The van der Waals surface area contributed by atoms with Crippen LogP contribution in [0.2, 0.25) is 15.1 Å². The van der Waals surface area contributed by atoms with Crippen molar-refractivity contribution in [2.75, 3.05) is 39.0 Å². The lowest BCUT2D eigenvalue weighted by Gasteiger charge is -2.53. The second-order valence-electron chi connectivity index (χ2n) is 12.3. The van der Waals surface area contributed by atoms with Crippen LogP contribution in [0.25, 0.3) is 22.4 Å². The first-order valence-electron chi connectivity index (χ1n) is 15.3. The number of benzene rings is 2. The van der Waals surface area contributed by atoms with Crippen LogP contribution < -0.4 is 15.8 Å². The molecule has 1 aromatic heterocycles. The SMILES string of the molecule is CS(=O)(=O)NCCCn1c(C(=O)[N+]2(C3(C(N)=O)CCNCC3)CCC(F)(F)CC2)cc(-c2ccc(Cl)cc2Cl)c1-c1ccc(Cl)cc1. The lowest BCUT2D eigenvalue weighted by Crippen LogP contribution is -2.76. The van der Waals surface area contributed by atoms with Crippen molar-refractivity contribution in [2.45, 2.75) is 50.1 Å². The number of carbonyl (C=O) groups is 2. The molecule has 3 heterocycles. The minimum Gasteiger partial charge on any atom is -0.364 e. The van der Waals surface area contributed by atoms with Gasteiger partial charge in [0.25, 0.3) is 11.8 Å². The van der Waals surface area contributed by atoms with Gasteiger partial charge < -0.3 is 15.6 Å². The summed E-state index contributed by atoms with van der Waals surface area (Å²) in [6, 6.07) is 13.6. The van der Waals surface area contributed by atoms with E-state index in [0.717, 1.165) is 6.26 Å². The number of aromatic nitrogens is 1. The number of halogens is 5. The second kappa shape index (κ2) is 13.7. The Kier molecular flexibility index (Phi) is 10.4. The average molecular weight is 732 g/mol. The van der Waals surface area contributed by atoms with E-state index in [1.165, 1.54) is 0 Å². The number of likely N-dealkylation sites (tertiary alicyclic amines) is 1. The molecule has 0 bridgehead atoms. The number of alkyl halides is 2. The molecule has 0 aliphatic carbocycles. The van der Waals surface area contributed by atoms with Gasteiger partial charge in [-0.1, -0.05) is 53.0 Å². The summed E-state index contributed by atoms with van der Waals surface area (Å²) < 4.78 is 56.9. The summed E-state index contributed by atoms with van der Waals surface area (Å²) in [5.74, 6) is -4.21. The lowest BCUT2D eigenvalue weighted by molar-refractivity contribution is -0.900. The van der Waals surface area contributed by atoms with Gasteiger partial charge in [-0.15, -0.1) is 0 Å². The Bertz CT molecular complexity index is 1770. The fraction of sp³-hybridized carbons (Fsp3) is 0.438. The van der Waals surface area contributed by atoms with Crippen molar-refractivity contribution in [3.63, 3.8) is 0 Å². The summed E-state index contributed by atoms with van der Waals surface area (Å²) in [6.07, 6.45) is 0.580. The minimum atomic E-state index is -3.49. The first-order valence-corrected chi connectivity index (χ1v) is 18.3. The highest BCUT2D eigenvalue weighted by molar-refractivity contribution is 7.88. The van der Waals surface area contributed by atoms with E-state index in [1.807, 2.05) is 0 Å². The van der Waals surface area contributed by atoms with Crippen molar-refractivity contribution >= 4 is 56.6 Å². The van der Waals surface area contributed by atoms with Crippen molar-refractivity contribution in [3.8, 4) is 22.4 Å². The number of carbonyl (C=O) groups excluding carboxylic acids is 2. The molecule has 2 aliphatic heterocycles. The zero-order valence-corrected chi connectivity index (χ0v) is 28.9. The number of amides is 2. The summed E-state index contributed by atoms with van der Waals surface area (Å²) in [7, 11) is -3.49. The maximum absolute atomic E-state index is 15.3. The average Bonchev–Trinajstić information content (AvgIpc) is 3.38. The van der Waals surface area contributed by atoms with Crippen LogP contribution in [0.3, 0.4) is 0 Å². The van der Waals surface area contributed by atoms with Crippen molar-refractivity contribution in [1.29, 1.82) is 0 Å². The van der Waals surface area contributed by atoms with E-state index in [1.54, 1.807) is 53.1 Å².